The number of ether oxygens (including phenoxy) is 1. The maximum absolute atomic E-state index is 5.24. The molecule has 0 unspecified atom stereocenters. The zero-order chi connectivity index (χ0) is 21.9. The van der Waals surface area contributed by atoms with Crippen LogP contribution >= 0.6 is 11.9 Å². The first-order valence-electron chi connectivity index (χ1n) is 11.0. The molecule has 166 valence electrons. The van der Waals surface area contributed by atoms with Gasteiger partial charge in [0.05, 0.1) is 28.7 Å². The number of fused-ring (bicyclic) bond motifs is 2. The maximum Gasteiger partial charge on any atom is 0.142 e. The van der Waals surface area contributed by atoms with Crippen molar-refractivity contribution < 1.29 is 4.74 Å². The summed E-state index contributed by atoms with van der Waals surface area (Å²) in [4.78, 5) is 17.7. The molecular formula is C24H28N6OS. The van der Waals surface area contributed by atoms with Crippen LogP contribution in [0.2, 0.25) is 0 Å². The molecule has 1 saturated heterocycles. The lowest BCUT2D eigenvalue weighted by molar-refractivity contribution is 0.151. The molecule has 1 aliphatic rings. The van der Waals surface area contributed by atoms with E-state index in [0.29, 0.717) is 0 Å². The first-order valence-corrected chi connectivity index (χ1v) is 11.8. The monoisotopic (exact) mass is 448 g/mol. The zero-order valence-electron chi connectivity index (χ0n) is 18.6. The van der Waals surface area contributed by atoms with Gasteiger partial charge in [0, 0.05) is 63.2 Å². The first-order chi connectivity index (χ1) is 15.7. The predicted octanol–water partition coefficient (Wildman–Crippen LogP) is 3.84. The number of aryl methyl sites for hydroxylation is 1. The van der Waals surface area contributed by atoms with Crippen molar-refractivity contribution in [1.82, 2.24) is 28.7 Å². The summed E-state index contributed by atoms with van der Waals surface area (Å²) in [7, 11) is 3.83. The number of aromatic nitrogens is 4. The van der Waals surface area contributed by atoms with Crippen molar-refractivity contribution in [3.63, 3.8) is 0 Å². The largest absolute Gasteiger partial charge is 0.383 e. The molecule has 8 heteroatoms. The van der Waals surface area contributed by atoms with Crippen molar-refractivity contribution in [3.05, 3.63) is 48.8 Å². The van der Waals surface area contributed by atoms with E-state index in [9.17, 15) is 0 Å². The number of nitrogens with zero attached hydrogens (tertiary/aromatic N) is 6. The van der Waals surface area contributed by atoms with Crippen LogP contribution in [0.4, 0.5) is 0 Å². The Morgan fingerprint density at radius 2 is 1.94 bits per heavy atom. The highest BCUT2D eigenvalue weighted by Crippen LogP contribution is 2.30. The Labute approximate surface area is 192 Å². The Bertz CT molecular complexity index is 1230. The van der Waals surface area contributed by atoms with Gasteiger partial charge >= 0.3 is 0 Å². The van der Waals surface area contributed by atoms with Crippen LogP contribution in [0.15, 0.2) is 53.7 Å². The summed E-state index contributed by atoms with van der Waals surface area (Å²) < 4.78 is 9.84. The lowest BCUT2D eigenvalue weighted by atomic mass is 10.2. The van der Waals surface area contributed by atoms with Crippen molar-refractivity contribution in [2.45, 2.75) is 11.3 Å². The molecule has 5 rings (SSSR count). The molecule has 1 aromatic carbocycles. The highest BCUT2D eigenvalue weighted by atomic mass is 32.2. The van der Waals surface area contributed by atoms with Crippen LogP contribution in [0.5, 0.6) is 0 Å². The van der Waals surface area contributed by atoms with Gasteiger partial charge in [0.1, 0.15) is 5.82 Å². The van der Waals surface area contributed by atoms with Crippen molar-refractivity contribution >= 4 is 34.0 Å². The van der Waals surface area contributed by atoms with Gasteiger partial charge in [0.25, 0.3) is 0 Å². The van der Waals surface area contributed by atoms with E-state index in [4.69, 9.17) is 9.72 Å². The van der Waals surface area contributed by atoms with Gasteiger partial charge in [0.2, 0.25) is 0 Å². The van der Waals surface area contributed by atoms with E-state index >= 15 is 0 Å². The molecule has 0 saturated carbocycles. The van der Waals surface area contributed by atoms with E-state index in [-0.39, 0.29) is 0 Å². The van der Waals surface area contributed by atoms with Crippen molar-refractivity contribution in [1.29, 1.82) is 0 Å². The van der Waals surface area contributed by atoms with Gasteiger partial charge < -0.3 is 9.30 Å². The smallest absolute Gasteiger partial charge is 0.142 e. The Kier molecular flexibility index (Phi) is 6.36. The van der Waals surface area contributed by atoms with Gasteiger partial charge in [-0.05, 0) is 61.3 Å². The molecule has 32 heavy (non-hydrogen) atoms. The van der Waals surface area contributed by atoms with E-state index in [1.165, 1.54) is 11.3 Å². The lowest BCUT2D eigenvalue weighted by Crippen LogP contribution is -2.31. The SMILES string of the molecule is COCCN1CCCN(Sc2ccc3c(c2)nc(-c2cnc4cccnc4c2)n3C)CC1. The van der Waals surface area contributed by atoms with E-state index in [1.807, 2.05) is 30.3 Å². The Morgan fingerprint density at radius 1 is 1.00 bits per heavy atom. The molecule has 0 radical (unpaired) electrons. The lowest BCUT2D eigenvalue weighted by Gasteiger charge is -2.20. The zero-order valence-corrected chi connectivity index (χ0v) is 19.4. The number of imidazole rings is 1. The molecule has 7 nitrogen and oxygen atoms in total. The summed E-state index contributed by atoms with van der Waals surface area (Å²) in [5, 5.41) is 0. The number of pyridine rings is 2. The summed E-state index contributed by atoms with van der Waals surface area (Å²) in [6, 6.07) is 12.5. The Balaban J connectivity index is 1.35. The van der Waals surface area contributed by atoms with Gasteiger partial charge in [0.15, 0.2) is 0 Å². The maximum atomic E-state index is 5.24. The van der Waals surface area contributed by atoms with Gasteiger partial charge in [-0.25, -0.2) is 9.29 Å². The third-order valence-corrected chi connectivity index (χ3v) is 7.04. The van der Waals surface area contributed by atoms with Crippen LogP contribution < -0.4 is 0 Å². The summed E-state index contributed by atoms with van der Waals surface area (Å²) in [6.07, 6.45) is 4.86. The first kappa shape index (κ1) is 21.3. The fourth-order valence-electron chi connectivity index (χ4n) is 4.20. The van der Waals surface area contributed by atoms with Crippen LogP contribution in [0.25, 0.3) is 33.5 Å². The molecule has 0 spiro atoms. The van der Waals surface area contributed by atoms with Crippen LogP contribution in [0, 0.1) is 0 Å². The summed E-state index contributed by atoms with van der Waals surface area (Å²) in [5.74, 6) is 0.908. The molecule has 0 N–H and O–H groups in total. The fourth-order valence-corrected chi connectivity index (χ4v) is 5.19. The quantitative estimate of drug-likeness (QED) is 0.415. The highest BCUT2D eigenvalue weighted by Gasteiger charge is 2.17. The standard InChI is InChI=1S/C24H28N6OS/c1-28-23-7-6-19(32-30-10-4-9-29(11-12-30)13-14-31-2)16-22(23)27-24(28)18-15-21-20(26-17-18)5-3-8-25-21/h3,5-8,15-17H,4,9-14H2,1-2H3. The molecule has 1 aliphatic heterocycles. The summed E-state index contributed by atoms with van der Waals surface area (Å²) in [5.41, 5.74) is 4.88. The second kappa shape index (κ2) is 9.54. The molecule has 0 amide bonds. The van der Waals surface area contributed by atoms with E-state index in [0.717, 1.165) is 72.8 Å². The molecule has 0 atom stereocenters. The van der Waals surface area contributed by atoms with Crippen LogP contribution in [0.3, 0.4) is 0 Å². The van der Waals surface area contributed by atoms with E-state index in [1.54, 1.807) is 13.3 Å². The minimum absolute atomic E-state index is 0.800. The number of methoxy groups -OCH3 is 1. The molecule has 4 heterocycles. The van der Waals surface area contributed by atoms with Crippen LogP contribution in [-0.4, -0.2) is 75.2 Å². The Hall–Kier alpha value is -2.52. The van der Waals surface area contributed by atoms with Crippen molar-refractivity contribution in [3.8, 4) is 11.4 Å². The number of rotatable bonds is 6. The Morgan fingerprint density at radius 3 is 2.84 bits per heavy atom. The average molecular weight is 449 g/mol. The predicted molar refractivity (Wildman–Crippen MR) is 130 cm³/mol. The van der Waals surface area contributed by atoms with Gasteiger partial charge in [-0.15, -0.1) is 0 Å². The molecule has 0 aliphatic carbocycles. The van der Waals surface area contributed by atoms with Crippen LogP contribution in [-0.2, 0) is 11.8 Å². The van der Waals surface area contributed by atoms with Gasteiger partial charge in [-0.1, -0.05) is 0 Å². The van der Waals surface area contributed by atoms with Crippen LogP contribution in [0.1, 0.15) is 6.42 Å². The summed E-state index contributed by atoms with van der Waals surface area (Å²) in [6.45, 7) is 6.17. The number of hydrogen-bond acceptors (Lipinski definition) is 7. The third kappa shape index (κ3) is 4.49. The fraction of sp³-hybridized carbons (Fsp3) is 0.375. The second-order valence-electron chi connectivity index (χ2n) is 8.12. The van der Waals surface area contributed by atoms with Gasteiger partial charge in [-0.2, -0.15) is 0 Å². The normalized spacial score (nSPS) is 16.1. The second-order valence-corrected chi connectivity index (χ2v) is 9.29. The highest BCUT2D eigenvalue weighted by molar-refractivity contribution is 7.97. The number of hydrogen-bond donors (Lipinski definition) is 0. The third-order valence-electron chi connectivity index (χ3n) is 5.96. The molecule has 4 aromatic rings. The average Bonchev–Trinajstić information content (AvgIpc) is 2.99. The topological polar surface area (TPSA) is 59.3 Å². The van der Waals surface area contributed by atoms with E-state index in [2.05, 4.69) is 55.1 Å². The molecule has 3 aromatic heterocycles. The molecule has 1 fully saturated rings. The minimum Gasteiger partial charge on any atom is -0.383 e. The molecule has 0 bridgehead atoms. The van der Waals surface area contributed by atoms with E-state index < -0.39 is 0 Å². The van der Waals surface area contributed by atoms with Crippen molar-refractivity contribution in [2.75, 3.05) is 46.4 Å². The minimum atomic E-state index is 0.800. The molecular weight excluding hydrogens is 420 g/mol. The van der Waals surface area contributed by atoms with Gasteiger partial charge in [-0.3, -0.25) is 14.9 Å². The number of benzene rings is 1. The summed E-state index contributed by atoms with van der Waals surface area (Å²) >= 11 is 1.84. The van der Waals surface area contributed by atoms with Crippen molar-refractivity contribution in [2.24, 2.45) is 7.05 Å².